The number of unbranched alkanes of at least 4 members (excludes halogenated alkanes) is 2. The van der Waals surface area contributed by atoms with E-state index in [1.807, 2.05) is 0 Å². The Balaban J connectivity index is 5.90. The maximum absolute atomic E-state index is 13.1. The van der Waals surface area contributed by atoms with Crippen molar-refractivity contribution in [3.63, 3.8) is 0 Å². The highest BCUT2D eigenvalue weighted by molar-refractivity contribution is 7.88. The first-order valence-corrected chi connectivity index (χ1v) is 17.8. The minimum absolute atomic E-state index is 0.137. The van der Waals surface area contributed by atoms with Crippen LogP contribution in [0.2, 0.25) is 0 Å². The van der Waals surface area contributed by atoms with Crippen LogP contribution >= 0.6 is 0 Å². The van der Waals surface area contributed by atoms with Crippen LogP contribution in [0.15, 0.2) is 0 Å². The van der Waals surface area contributed by atoms with Crippen molar-refractivity contribution in [2.45, 2.75) is 130 Å². The molecule has 0 aliphatic carbocycles. The standard InChI is InChI=1S/C28H52N2O11S2/c1-20(31)18-21(24(33)40-27(5,6)7)29(42(11,35)36)16-14-13-15-17-30(43(12,37)38)22(25(34)41-28(8,9)10)19-23(32)39-26(2,3)4/h21-22H,13-19H2,1-12H3/t21-,22-/m0/s1. The molecule has 15 heteroatoms. The van der Waals surface area contributed by atoms with Gasteiger partial charge in [0.25, 0.3) is 0 Å². The number of carbonyl (C=O) groups excluding carboxylic acids is 4. The van der Waals surface area contributed by atoms with Gasteiger partial charge in [-0.25, -0.2) is 16.8 Å². The summed E-state index contributed by atoms with van der Waals surface area (Å²) < 4.78 is 68.8. The molecule has 0 bridgehead atoms. The van der Waals surface area contributed by atoms with Gasteiger partial charge < -0.3 is 14.2 Å². The first-order valence-electron chi connectivity index (χ1n) is 14.1. The second-order valence-electron chi connectivity index (χ2n) is 13.6. The highest BCUT2D eigenvalue weighted by Gasteiger charge is 2.39. The number of Topliss-reactive ketones (excluding diaryl/α,β-unsaturated/α-hetero) is 1. The van der Waals surface area contributed by atoms with Crippen molar-refractivity contribution in [3.05, 3.63) is 0 Å². The fourth-order valence-corrected chi connectivity index (χ4v) is 6.14. The molecule has 0 aromatic heterocycles. The van der Waals surface area contributed by atoms with Gasteiger partial charge in [-0.15, -0.1) is 0 Å². The third-order valence-electron chi connectivity index (χ3n) is 5.42. The van der Waals surface area contributed by atoms with Gasteiger partial charge in [0.1, 0.15) is 34.7 Å². The maximum atomic E-state index is 13.1. The Labute approximate surface area is 258 Å². The van der Waals surface area contributed by atoms with Gasteiger partial charge in [-0.2, -0.15) is 8.61 Å². The number of nitrogens with zero attached hydrogens (tertiary/aromatic N) is 2. The molecule has 0 aromatic carbocycles. The third-order valence-corrected chi connectivity index (χ3v) is 8.00. The van der Waals surface area contributed by atoms with Crippen molar-refractivity contribution >= 4 is 43.7 Å². The highest BCUT2D eigenvalue weighted by atomic mass is 32.2. The Bertz CT molecular complexity index is 1190. The zero-order valence-electron chi connectivity index (χ0n) is 27.8. The molecule has 13 nitrogen and oxygen atoms in total. The van der Waals surface area contributed by atoms with Gasteiger partial charge in [0.2, 0.25) is 20.0 Å². The minimum atomic E-state index is -4.02. The molecule has 0 N–H and O–H groups in total. The number of ether oxygens (including phenoxy) is 3. The molecule has 0 radical (unpaired) electrons. The van der Waals surface area contributed by atoms with Crippen molar-refractivity contribution in [3.8, 4) is 0 Å². The zero-order valence-corrected chi connectivity index (χ0v) is 29.4. The lowest BCUT2D eigenvalue weighted by molar-refractivity contribution is -0.166. The van der Waals surface area contributed by atoms with E-state index in [1.54, 1.807) is 62.3 Å². The summed E-state index contributed by atoms with van der Waals surface area (Å²) in [5.74, 6) is -2.93. The molecule has 0 rings (SSSR count). The van der Waals surface area contributed by atoms with Crippen LogP contribution in [0, 0.1) is 0 Å². The van der Waals surface area contributed by atoms with Crippen LogP contribution in [-0.2, 0) is 53.4 Å². The van der Waals surface area contributed by atoms with Crippen LogP contribution in [0.25, 0.3) is 0 Å². The Hall–Kier alpha value is -2.10. The van der Waals surface area contributed by atoms with Crippen LogP contribution < -0.4 is 0 Å². The van der Waals surface area contributed by atoms with E-state index in [-0.39, 0.29) is 38.8 Å². The SMILES string of the molecule is CC(=O)C[C@@H](C(=O)OC(C)(C)C)N(CCCCCN([C@@H](CC(=O)OC(C)(C)C)C(=O)OC(C)(C)C)S(C)(=O)=O)S(C)(=O)=O. The van der Waals surface area contributed by atoms with Gasteiger partial charge in [0.15, 0.2) is 0 Å². The van der Waals surface area contributed by atoms with E-state index >= 15 is 0 Å². The van der Waals surface area contributed by atoms with E-state index in [1.165, 1.54) is 6.92 Å². The van der Waals surface area contributed by atoms with Gasteiger partial charge in [-0.05, 0) is 82.1 Å². The van der Waals surface area contributed by atoms with E-state index in [0.717, 1.165) is 21.1 Å². The van der Waals surface area contributed by atoms with Crippen LogP contribution in [0.3, 0.4) is 0 Å². The largest absolute Gasteiger partial charge is 0.460 e. The average Bonchev–Trinajstić information content (AvgIpc) is 2.70. The van der Waals surface area contributed by atoms with E-state index in [4.69, 9.17) is 14.2 Å². The van der Waals surface area contributed by atoms with Crippen LogP contribution in [0.4, 0.5) is 0 Å². The molecule has 2 atom stereocenters. The molecule has 0 saturated carbocycles. The van der Waals surface area contributed by atoms with Crippen molar-refractivity contribution in [1.29, 1.82) is 0 Å². The average molecular weight is 657 g/mol. The Morgan fingerprint density at radius 1 is 0.581 bits per heavy atom. The Morgan fingerprint density at radius 3 is 1.19 bits per heavy atom. The normalized spacial score (nSPS) is 14.7. The van der Waals surface area contributed by atoms with E-state index < -0.39 is 79.0 Å². The van der Waals surface area contributed by atoms with Crippen molar-refractivity contribution in [1.82, 2.24) is 8.61 Å². The summed E-state index contributed by atoms with van der Waals surface area (Å²) in [7, 11) is -7.96. The minimum Gasteiger partial charge on any atom is -0.460 e. The summed E-state index contributed by atoms with van der Waals surface area (Å²) in [6, 6.07) is -2.84. The molecule has 0 aliphatic rings. The lowest BCUT2D eigenvalue weighted by Crippen LogP contribution is -2.49. The fraction of sp³-hybridized carbons (Fsp3) is 0.857. The zero-order chi connectivity index (χ0) is 34.2. The summed E-state index contributed by atoms with van der Waals surface area (Å²) in [4.78, 5) is 50.4. The summed E-state index contributed by atoms with van der Waals surface area (Å²) >= 11 is 0. The number of ketones is 1. The lowest BCUT2D eigenvalue weighted by atomic mass is 10.1. The first-order chi connectivity index (χ1) is 19.0. The van der Waals surface area contributed by atoms with Crippen LogP contribution in [0.5, 0.6) is 0 Å². The molecule has 0 saturated heterocycles. The van der Waals surface area contributed by atoms with Gasteiger partial charge in [0, 0.05) is 19.5 Å². The Kier molecular flexibility index (Phi) is 15.0. The number of carbonyl (C=O) groups is 4. The van der Waals surface area contributed by atoms with E-state index in [0.29, 0.717) is 0 Å². The summed E-state index contributed by atoms with van der Waals surface area (Å²) in [5.41, 5.74) is -2.73. The topological polar surface area (TPSA) is 171 Å². The number of hydrogen-bond donors (Lipinski definition) is 0. The van der Waals surface area contributed by atoms with E-state index in [2.05, 4.69) is 0 Å². The number of sulfonamides is 2. The molecule has 43 heavy (non-hydrogen) atoms. The van der Waals surface area contributed by atoms with Crippen LogP contribution in [-0.4, -0.2) is 104 Å². The monoisotopic (exact) mass is 656 g/mol. The van der Waals surface area contributed by atoms with Gasteiger partial charge in [0.05, 0.1) is 18.9 Å². The van der Waals surface area contributed by atoms with Gasteiger partial charge >= 0.3 is 17.9 Å². The molecule has 0 spiro atoms. The molecule has 0 aliphatic heterocycles. The fourth-order valence-electron chi connectivity index (χ4n) is 3.98. The Morgan fingerprint density at radius 2 is 0.907 bits per heavy atom. The smallest absolute Gasteiger partial charge is 0.325 e. The van der Waals surface area contributed by atoms with Crippen LogP contribution in [0.1, 0.15) is 101 Å². The molecular formula is C28H52N2O11S2. The molecule has 0 heterocycles. The lowest BCUT2D eigenvalue weighted by Gasteiger charge is -2.31. The third kappa shape index (κ3) is 17.7. The first kappa shape index (κ1) is 40.9. The summed E-state index contributed by atoms with van der Waals surface area (Å²) in [6.45, 7) is 15.6. The number of hydrogen-bond acceptors (Lipinski definition) is 11. The molecular weight excluding hydrogens is 604 g/mol. The van der Waals surface area contributed by atoms with Crippen molar-refractivity contribution in [2.75, 3.05) is 25.6 Å². The maximum Gasteiger partial charge on any atom is 0.325 e. The second-order valence-corrected chi connectivity index (χ2v) is 17.5. The molecule has 252 valence electrons. The number of esters is 3. The van der Waals surface area contributed by atoms with Gasteiger partial charge in [-0.1, -0.05) is 6.42 Å². The molecule has 0 amide bonds. The second kappa shape index (κ2) is 15.8. The van der Waals surface area contributed by atoms with Crippen molar-refractivity contribution in [2.24, 2.45) is 0 Å². The molecule has 0 unspecified atom stereocenters. The van der Waals surface area contributed by atoms with Gasteiger partial charge in [-0.3, -0.25) is 19.2 Å². The molecule has 0 fully saturated rings. The predicted octanol–water partition coefficient (Wildman–Crippen LogP) is 2.81. The molecule has 0 aromatic rings. The summed E-state index contributed by atoms with van der Waals surface area (Å²) in [6.07, 6.45) is 1.58. The van der Waals surface area contributed by atoms with E-state index in [9.17, 15) is 36.0 Å². The van der Waals surface area contributed by atoms with Crippen molar-refractivity contribution < 1.29 is 50.2 Å². The highest BCUT2D eigenvalue weighted by Crippen LogP contribution is 2.21. The predicted molar refractivity (Wildman–Crippen MR) is 162 cm³/mol. The quantitative estimate of drug-likeness (QED) is 0.136. The summed E-state index contributed by atoms with van der Waals surface area (Å²) in [5, 5.41) is 0. The number of rotatable bonds is 16.